The lowest BCUT2D eigenvalue weighted by atomic mass is 9.94. The van der Waals surface area contributed by atoms with Crippen LogP contribution in [0.1, 0.15) is 52.9 Å². The van der Waals surface area contributed by atoms with Crippen LogP contribution >= 0.6 is 11.6 Å². The summed E-state index contributed by atoms with van der Waals surface area (Å²) in [5, 5.41) is 3.35. The SMILES string of the molecule is COc1cc(NC(=O)CN2CCCC[C@@H]2[C@@H]2CCCN2C(=O)OC(C)(C)C)c(OC)cc1Cl. The van der Waals surface area contributed by atoms with E-state index in [0.29, 0.717) is 28.8 Å². The third kappa shape index (κ3) is 6.44. The van der Waals surface area contributed by atoms with Crippen molar-refractivity contribution in [2.45, 2.75) is 70.6 Å². The van der Waals surface area contributed by atoms with Gasteiger partial charge in [-0.1, -0.05) is 18.0 Å². The van der Waals surface area contributed by atoms with E-state index in [2.05, 4.69) is 10.2 Å². The van der Waals surface area contributed by atoms with Crippen LogP contribution in [0.15, 0.2) is 12.1 Å². The van der Waals surface area contributed by atoms with Crippen LogP contribution in [-0.4, -0.2) is 73.3 Å². The van der Waals surface area contributed by atoms with Gasteiger partial charge in [-0.3, -0.25) is 9.69 Å². The van der Waals surface area contributed by atoms with Crippen molar-refractivity contribution in [2.24, 2.45) is 0 Å². The minimum Gasteiger partial charge on any atom is -0.495 e. The highest BCUT2D eigenvalue weighted by Crippen LogP contribution is 2.36. The Morgan fingerprint density at radius 1 is 1.03 bits per heavy atom. The number of hydrogen-bond acceptors (Lipinski definition) is 6. The van der Waals surface area contributed by atoms with Gasteiger partial charge in [-0.15, -0.1) is 0 Å². The number of methoxy groups -OCH3 is 2. The smallest absolute Gasteiger partial charge is 0.410 e. The molecule has 1 aromatic rings. The van der Waals surface area contributed by atoms with Crippen molar-refractivity contribution in [3.8, 4) is 11.5 Å². The Balaban J connectivity index is 1.71. The minimum absolute atomic E-state index is 0.0538. The second-order valence-electron chi connectivity index (χ2n) is 9.65. The van der Waals surface area contributed by atoms with Gasteiger partial charge in [-0.2, -0.15) is 0 Å². The molecule has 0 aliphatic carbocycles. The molecule has 0 aromatic heterocycles. The topological polar surface area (TPSA) is 80.3 Å². The number of nitrogens with zero attached hydrogens (tertiary/aromatic N) is 2. The van der Waals surface area contributed by atoms with Crippen LogP contribution in [0.25, 0.3) is 0 Å². The van der Waals surface area contributed by atoms with E-state index in [9.17, 15) is 9.59 Å². The van der Waals surface area contributed by atoms with Crippen LogP contribution in [0, 0.1) is 0 Å². The van der Waals surface area contributed by atoms with E-state index >= 15 is 0 Å². The lowest BCUT2D eigenvalue weighted by molar-refractivity contribution is -0.118. The van der Waals surface area contributed by atoms with E-state index in [1.165, 1.54) is 14.2 Å². The summed E-state index contributed by atoms with van der Waals surface area (Å²) in [7, 11) is 3.05. The average molecular weight is 482 g/mol. The second-order valence-corrected chi connectivity index (χ2v) is 10.1. The van der Waals surface area contributed by atoms with E-state index in [4.69, 9.17) is 25.8 Å². The number of halogens is 1. The van der Waals surface area contributed by atoms with Crippen LogP contribution < -0.4 is 14.8 Å². The fraction of sp³-hybridized carbons (Fsp3) is 0.667. The normalized spacial score (nSPS) is 21.6. The lowest BCUT2D eigenvalue weighted by Crippen LogP contribution is -2.55. The van der Waals surface area contributed by atoms with Crippen LogP contribution in [0.3, 0.4) is 0 Å². The number of carbonyl (C=O) groups is 2. The van der Waals surface area contributed by atoms with Gasteiger partial charge in [0.2, 0.25) is 5.91 Å². The highest BCUT2D eigenvalue weighted by atomic mass is 35.5. The summed E-state index contributed by atoms with van der Waals surface area (Å²) >= 11 is 6.18. The number of piperidine rings is 1. The number of benzene rings is 1. The first-order valence-corrected chi connectivity index (χ1v) is 12.0. The maximum atomic E-state index is 13.0. The minimum atomic E-state index is -0.533. The van der Waals surface area contributed by atoms with Gasteiger partial charge in [0, 0.05) is 24.7 Å². The Kier molecular flexibility index (Phi) is 8.34. The van der Waals surface area contributed by atoms with Crippen LogP contribution in [-0.2, 0) is 9.53 Å². The predicted molar refractivity (Wildman–Crippen MR) is 128 cm³/mol. The van der Waals surface area contributed by atoms with E-state index in [-0.39, 0.29) is 30.6 Å². The highest BCUT2D eigenvalue weighted by molar-refractivity contribution is 6.32. The molecule has 1 N–H and O–H groups in total. The molecule has 1 aromatic carbocycles. The fourth-order valence-corrected chi connectivity index (χ4v) is 4.95. The number of likely N-dealkylation sites (tertiary alicyclic amines) is 2. The van der Waals surface area contributed by atoms with Gasteiger partial charge in [-0.05, 0) is 53.0 Å². The summed E-state index contributed by atoms with van der Waals surface area (Å²) in [5.74, 6) is 0.783. The van der Waals surface area contributed by atoms with Gasteiger partial charge in [0.15, 0.2) is 0 Å². The molecule has 2 heterocycles. The molecule has 0 radical (unpaired) electrons. The number of anilines is 1. The Morgan fingerprint density at radius 2 is 1.73 bits per heavy atom. The number of ether oxygens (including phenoxy) is 3. The molecule has 0 saturated carbocycles. The van der Waals surface area contributed by atoms with Crippen LogP contribution in [0.5, 0.6) is 11.5 Å². The molecule has 3 rings (SSSR count). The molecule has 2 atom stereocenters. The van der Waals surface area contributed by atoms with E-state index in [1.54, 1.807) is 12.1 Å². The number of carbonyl (C=O) groups excluding carboxylic acids is 2. The van der Waals surface area contributed by atoms with Crippen molar-refractivity contribution in [3.05, 3.63) is 17.2 Å². The number of rotatable bonds is 6. The Labute approximate surface area is 201 Å². The van der Waals surface area contributed by atoms with Crippen molar-refractivity contribution in [1.82, 2.24) is 9.80 Å². The van der Waals surface area contributed by atoms with Gasteiger partial charge in [0.25, 0.3) is 0 Å². The summed E-state index contributed by atoms with van der Waals surface area (Å²) in [6, 6.07) is 3.46. The molecule has 0 bridgehead atoms. The average Bonchev–Trinajstić information content (AvgIpc) is 3.23. The number of hydrogen-bond donors (Lipinski definition) is 1. The van der Waals surface area contributed by atoms with Gasteiger partial charge in [-0.25, -0.2) is 4.79 Å². The van der Waals surface area contributed by atoms with Crippen LogP contribution in [0.2, 0.25) is 5.02 Å². The highest BCUT2D eigenvalue weighted by Gasteiger charge is 2.40. The van der Waals surface area contributed by atoms with Gasteiger partial charge in [0.05, 0.1) is 37.5 Å². The molecule has 2 saturated heterocycles. The Morgan fingerprint density at radius 3 is 2.39 bits per heavy atom. The van der Waals surface area contributed by atoms with Crippen molar-refractivity contribution in [3.63, 3.8) is 0 Å². The maximum Gasteiger partial charge on any atom is 0.410 e. The first kappa shape index (κ1) is 25.4. The summed E-state index contributed by atoms with van der Waals surface area (Å²) < 4.78 is 16.3. The second kappa shape index (κ2) is 10.8. The molecule has 2 fully saturated rings. The summed E-state index contributed by atoms with van der Waals surface area (Å²) in [4.78, 5) is 29.9. The van der Waals surface area contributed by atoms with Crippen molar-refractivity contribution >= 4 is 29.3 Å². The fourth-order valence-electron chi connectivity index (χ4n) is 4.72. The van der Waals surface area contributed by atoms with E-state index < -0.39 is 5.60 Å². The largest absolute Gasteiger partial charge is 0.495 e. The van der Waals surface area contributed by atoms with Gasteiger partial charge < -0.3 is 24.4 Å². The van der Waals surface area contributed by atoms with Gasteiger partial charge >= 0.3 is 6.09 Å². The number of nitrogens with one attached hydrogen (secondary N) is 1. The lowest BCUT2D eigenvalue weighted by Gasteiger charge is -2.42. The maximum absolute atomic E-state index is 13.0. The van der Waals surface area contributed by atoms with Crippen molar-refractivity contribution < 1.29 is 23.8 Å². The standard InChI is InChI=1S/C24H36ClN3O5/c1-24(2,3)33-23(30)28-12-8-10-19(28)18-9-6-7-11-27(18)15-22(29)26-17-14-20(31-4)16(25)13-21(17)32-5/h13-14,18-19H,6-12,15H2,1-5H3,(H,26,29)/t18-,19+/m1/s1. The molecule has 2 amide bonds. The quantitative estimate of drug-likeness (QED) is 0.642. The third-order valence-electron chi connectivity index (χ3n) is 6.13. The zero-order valence-corrected chi connectivity index (χ0v) is 21.0. The molecule has 8 nitrogen and oxygen atoms in total. The van der Waals surface area contributed by atoms with Crippen molar-refractivity contribution in [1.29, 1.82) is 0 Å². The summed E-state index contributed by atoms with van der Waals surface area (Å²) in [6.45, 7) is 7.39. The van der Waals surface area contributed by atoms with Gasteiger partial charge in [0.1, 0.15) is 17.1 Å². The molecular weight excluding hydrogens is 446 g/mol. The first-order chi connectivity index (χ1) is 15.6. The molecule has 2 aliphatic rings. The Bertz CT molecular complexity index is 857. The molecular formula is C24H36ClN3O5. The summed E-state index contributed by atoms with van der Waals surface area (Å²) in [6.07, 6.45) is 4.67. The zero-order valence-electron chi connectivity index (χ0n) is 20.3. The van der Waals surface area contributed by atoms with Crippen molar-refractivity contribution in [2.75, 3.05) is 39.2 Å². The Hall–Kier alpha value is -2.19. The molecule has 0 unspecified atom stereocenters. The monoisotopic (exact) mass is 481 g/mol. The first-order valence-electron chi connectivity index (χ1n) is 11.6. The third-order valence-corrected chi connectivity index (χ3v) is 6.43. The molecule has 184 valence electrons. The van der Waals surface area contributed by atoms with Crippen LogP contribution in [0.4, 0.5) is 10.5 Å². The molecule has 33 heavy (non-hydrogen) atoms. The van der Waals surface area contributed by atoms with E-state index in [1.807, 2.05) is 25.7 Å². The molecule has 9 heteroatoms. The number of amides is 2. The summed E-state index contributed by atoms with van der Waals surface area (Å²) in [5.41, 5.74) is -0.0248. The molecule has 0 spiro atoms. The predicted octanol–water partition coefficient (Wildman–Crippen LogP) is 4.55. The molecule has 2 aliphatic heterocycles. The van der Waals surface area contributed by atoms with E-state index in [0.717, 1.165) is 38.6 Å². The zero-order chi connectivity index (χ0) is 24.2.